The van der Waals surface area contributed by atoms with Gasteiger partial charge in [-0.3, -0.25) is 9.59 Å². The van der Waals surface area contributed by atoms with Gasteiger partial charge in [-0.1, -0.05) is 13.0 Å². The SMILES string of the molecule is CCC[NH+](Cc1nnc(-c2cccs2)o1)[C@@H](C)C(=O)c1[nH]c(C)c(C(C)=O)c1C. The molecule has 7 nitrogen and oxygen atoms in total. The smallest absolute Gasteiger partial charge is 0.271 e. The van der Waals surface area contributed by atoms with Crippen LogP contribution in [0.3, 0.4) is 0 Å². The van der Waals surface area contributed by atoms with Crippen molar-refractivity contribution in [3.63, 3.8) is 0 Å². The van der Waals surface area contributed by atoms with E-state index in [9.17, 15) is 9.59 Å². The van der Waals surface area contributed by atoms with E-state index in [1.807, 2.05) is 38.3 Å². The molecule has 0 aliphatic carbocycles. The molecule has 0 aliphatic rings. The topological polar surface area (TPSA) is 93.3 Å². The van der Waals surface area contributed by atoms with Crippen LogP contribution in [0.1, 0.15) is 65.2 Å². The van der Waals surface area contributed by atoms with Crippen LogP contribution in [0.15, 0.2) is 21.9 Å². The molecular weight excluding hydrogens is 388 g/mol. The van der Waals surface area contributed by atoms with Gasteiger partial charge in [0.05, 0.1) is 17.1 Å². The van der Waals surface area contributed by atoms with Crippen molar-refractivity contribution < 1.29 is 18.9 Å². The van der Waals surface area contributed by atoms with Gasteiger partial charge in [0.25, 0.3) is 11.8 Å². The summed E-state index contributed by atoms with van der Waals surface area (Å²) in [5.41, 5.74) is 2.58. The first-order chi connectivity index (χ1) is 13.8. The van der Waals surface area contributed by atoms with E-state index >= 15 is 0 Å². The minimum atomic E-state index is -0.316. The number of hydrogen-bond donors (Lipinski definition) is 2. The molecule has 0 radical (unpaired) electrons. The highest BCUT2D eigenvalue weighted by Gasteiger charge is 2.31. The van der Waals surface area contributed by atoms with Crippen LogP contribution in [0.5, 0.6) is 0 Å². The van der Waals surface area contributed by atoms with Crippen molar-refractivity contribution in [2.75, 3.05) is 6.54 Å². The van der Waals surface area contributed by atoms with E-state index < -0.39 is 0 Å². The molecule has 8 heteroatoms. The van der Waals surface area contributed by atoms with Crippen molar-refractivity contribution >= 4 is 22.9 Å². The van der Waals surface area contributed by atoms with Crippen LogP contribution >= 0.6 is 11.3 Å². The number of ketones is 2. The summed E-state index contributed by atoms with van der Waals surface area (Å²) in [7, 11) is 0. The highest BCUT2D eigenvalue weighted by Crippen LogP contribution is 2.23. The third-order valence-electron chi connectivity index (χ3n) is 5.19. The highest BCUT2D eigenvalue weighted by molar-refractivity contribution is 7.13. The molecule has 154 valence electrons. The van der Waals surface area contributed by atoms with Crippen molar-refractivity contribution in [1.29, 1.82) is 0 Å². The minimum absolute atomic E-state index is 0.0143. The summed E-state index contributed by atoms with van der Waals surface area (Å²) >= 11 is 1.55. The molecule has 3 rings (SSSR count). The molecule has 29 heavy (non-hydrogen) atoms. The Bertz CT molecular complexity index is 1000. The summed E-state index contributed by atoms with van der Waals surface area (Å²) in [5, 5.41) is 10.3. The molecule has 3 aromatic rings. The van der Waals surface area contributed by atoms with E-state index in [4.69, 9.17) is 4.42 Å². The molecule has 0 spiro atoms. The fraction of sp³-hybridized carbons (Fsp3) is 0.429. The second-order valence-electron chi connectivity index (χ2n) is 7.33. The molecule has 0 aliphatic heterocycles. The lowest BCUT2D eigenvalue weighted by Crippen LogP contribution is -3.15. The maximum absolute atomic E-state index is 13.2. The minimum Gasteiger partial charge on any atom is -0.414 e. The summed E-state index contributed by atoms with van der Waals surface area (Å²) < 4.78 is 5.82. The lowest BCUT2D eigenvalue weighted by molar-refractivity contribution is -0.928. The number of carbonyl (C=O) groups is 2. The number of quaternary nitrogens is 1. The van der Waals surface area contributed by atoms with E-state index in [1.54, 1.807) is 11.3 Å². The number of nitrogens with zero attached hydrogens (tertiary/aromatic N) is 2. The third-order valence-corrected chi connectivity index (χ3v) is 6.05. The number of hydrogen-bond acceptors (Lipinski definition) is 6. The van der Waals surface area contributed by atoms with Crippen LogP contribution in [0, 0.1) is 13.8 Å². The first-order valence-corrected chi connectivity index (χ1v) is 10.7. The number of aromatic nitrogens is 3. The van der Waals surface area contributed by atoms with Crippen LogP contribution in [-0.4, -0.2) is 39.3 Å². The maximum atomic E-state index is 13.2. The molecule has 0 amide bonds. The average Bonchev–Trinajstić information content (AvgIpc) is 3.40. The van der Waals surface area contributed by atoms with E-state index in [0.717, 1.165) is 34.0 Å². The Morgan fingerprint density at radius 2 is 2.07 bits per heavy atom. The van der Waals surface area contributed by atoms with E-state index in [-0.39, 0.29) is 17.6 Å². The van der Waals surface area contributed by atoms with Crippen molar-refractivity contribution in [2.45, 2.75) is 53.6 Å². The quantitative estimate of drug-likeness (QED) is 0.524. The zero-order chi connectivity index (χ0) is 21.1. The third kappa shape index (κ3) is 4.38. The van der Waals surface area contributed by atoms with Crippen LogP contribution in [-0.2, 0) is 6.54 Å². The molecule has 0 fully saturated rings. The molecule has 2 N–H and O–H groups in total. The van der Waals surface area contributed by atoms with Gasteiger partial charge in [0.15, 0.2) is 18.4 Å². The maximum Gasteiger partial charge on any atom is 0.271 e. The van der Waals surface area contributed by atoms with Gasteiger partial charge in [0, 0.05) is 11.3 Å². The lowest BCUT2D eigenvalue weighted by atomic mass is 10.0. The molecule has 0 saturated heterocycles. The first-order valence-electron chi connectivity index (χ1n) is 9.78. The van der Waals surface area contributed by atoms with Crippen molar-refractivity contribution in [3.05, 3.63) is 45.9 Å². The summed E-state index contributed by atoms with van der Waals surface area (Å²) in [6.07, 6.45) is 0.917. The van der Waals surface area contributed by atoms with Gasteiger partial charge in [0.1, 0.15) is 0 Å². The zero-order valence-electron chi connectivity index (χ0n) is 17.5. The molecule has 3 aromatic heterocycles. The van der Waals surface area contributed by atoms with E-state index in [0.29, 0.717) is 29.6 Å². The van der Waals surface area contributed by atoms with Crippen molar-refractivity contribution in [1.82, 2.24) is 15.2 Å². The molecule has 0 bridgehead atoms. The Morgan fingerprint density at radius 1 is 1.31 bits per heavy atom. The number of H-pyrrole nitrogens is 1. The number of aryl methyl sites for hydroxylation is 1. The molecule has 1 unspecified atom stereocenters. The highest BCUT2D eigenvalue weighted by atomic mass is 32.1. The van der Waals surface area contributed by atoms with Crippen molar-refractivity contribution in [3.8, 4) is 10.8 Å². The van der Waals surface area contributed by atoms with E-state index in [1.165, 1.54) is 6.92 Å². The van der Waals surface area contributed by atoms with Crippen molar-refractivity contribution in [2.24, 2.45) is 0 Å². The number of thiophene rings is 1. The number of nitrogens with one attached hydrogen (secondary N) is 2. The average molecular weight is 416 g/mol. The number of carbonyl (C=O) groups excluding carboxylic acids is 2. The molecule has 0 saturated carbocycles. The second-order valence-corrected chi connectivity index (χ2v) is 8.28. The molecule has 2 atom stereocenters. The molecular formula is C21H27N4O3S+. The Hall–Kier alpha value is -2.58. The summed E-state index contributed by atoms with van der Waals surface area (Å²) in [5.74, 6) is 0.972. The predicted octanol–water partition coefficient (Wildman–Crippen LogP) is 3.01. The monoisotopic (exact) mass is 415 g/mol. The van der Waals surface area contributed by atoms with Gasteiger partial charge in [-0.15, -0.1) is 21.5 Å². The number of aromatic amines is 1. The summed E-state index contributed by atoms with van der Waals surface area (Å²) in [4.78, 5) is 30.2. The second kappa shape index (κ2) is 8.84. The van der Waals surface area contributed by atoms with Gasteiger partial charge in [-0.05, 0) is 51.1 Å². The number of Topliss-reactive ketones (excluding diaryl/α,β-unsaturated/α-hetero) is 2. The standard InChI is InChI=1S/C21H26N4O3S/c1-6-9-25(11-17-23-24-21(28-17)16-8-7-10-29-16)14(4)20(27)19-12(2)18(15(5)26)13(3)22-19/h7-8,10,14,22H,6,9,11H2,1-5H3/p+1/t14-/m0/s1. The van der Waals surface area contributed by atoms with Crippen LogP contribution in [0.2, 0.25) is 0 Å². The Morgan fingerprint density at radius 3 is 2.66 bits per heavy atom. The molecule has 0 aromatic carbocycles. The normalized spacial score (nSPS) is 13.4. The fourth-order valence-corrected chi connectivity index (χ4v) is 4.37. The molecule has 3 heterocycles. The lowest BCUT2D eigenvalue weighted by Gasteiger charge is -2.23. The van der Waals surface area contributed by atoms with Crippen LogP contribution in [0.25, 0.3) is 10.8 Å². The van der Waals surface area contributed by atoms with E-state index in [2.05, 4.69) is 22.1 Å². The van der Waals surface area contributed by atoms with Gasteiger partial charge in [-0.25, -0.2) is 0 Å². The zero-order valence-corrected chi connectivity index (χ0v) is 18.3. The van der Waals surface area contributed by atoms with Gasteiger partial charge in [0.2, 0.25) is 5.78 Å². The number of rotatable bonds is 9. The summed E-state index contributed by atoms with van der Waals surface area (Å²) in [6, 6.07) is 3.56. The van der Waals surface area contributed by atoms with Crippen LogP contribution < -0.4 is 4.90 Å². The Balaban J connectivity index is 1.81. The largest absolute Gasteiger partial charge is 0.414 e. The van der Waals surface area contributed by atoms with Gasteiger partial charge in [-0.2, -0.15) is 0 Å². The first kappa shape index (κ1) is 21.1. The van der Waals surface area contributed by atoms with Crippen LogP contribution in [0.4, 0.5) is 0 Å². The summed E-state index contributed by atoms with van der Waals surface area (Å²) in [6.45, 7) is 10.4. The van der Waals surface area contributed by atoms with Gasteiger partial charge < -0.3 is 14.3 Å². The fourth-order valence-electron chi connectivity index (χ4n) is 3.72. The predicted molar refractivity (Wildman–Crippen MR) is 111 cm³/mol. The Kier molecular flexibility index (Phi) is 6.44. The van der Waals surface area contributed by atoms with Gasteiger partial charge >= 0.3 is 0 Å². The Labute approximate surface area is 174 Å².